The second-order valence-electron chi connectivity index (χ2n) is 6.99. The van der Waals surface area contributed by atoms with E-state index in [0.717, 1.165) is 15.6 Å². The summed E-state index contributed by atoms with van der Waals surface area (Å²) in [5.41, 5.74) is 0.514. The molecule has 0 saturated heterocycles. The van der Waals surface area contributed by atoms with Crippen molar-refractivity contribution >= 4 is 65.6 Å². The number of halogens is 1. The first-order valence-electron chi connectivity index (χ1n) is 9.57. The van der Waals surface area contributed by atoms with Crippen LogP contribution in [0, 0.1) is 0 Å². The monoisotopic (exact) mass is 496 g/mol. The van der Waals surface area contributed by atoms with E-state index >= 15 is 0 Å². The molecule has 164 valence electrons. The van der Waals surface area contributed by atoms with Gasteiger partial charge in [0.2, 0.25) is 0 Å². The quantitative estimate of drug-likeness (QED) is 0.343. The Bertz CT molecular complexity index is 1680. The number of fused-ring (bicyclic) bond motifs is 3. The molecule has 5 rings (SSSR count). The number of hydrogen-bond donors (Lipinski definition) is 0. The van der Waals surface area contributed by atoms with Gasteiger partial charge < -0.3 is 4.42 Å². The zero-order valence-corrected chi connectivity index (χ0v) is 19.0. The molecule has 0 N–H and O–H groups in total. The van der Waals surface area contributed by atoms with Crippen molar-refractivity contribution in [3.8, 4) is 0 Å². The van der Waals surface area contributed by atoms with Crippen LogP contribution in [-0.2, 0) is 10.0 Å². The molecule has 0 aliphatic carbocycles. The van der Waals surface area contributed by atoms with E-state index in [2.05, 4.69) is 4.98 Å². The lowest BCUT2D eigenvalue weighted by molar-refractivity contribution is 0.100. The summed E-state index contributed by atoms with van der Waals surface area (Å²) in [7, 11) is -4.38. The zero-order chi connectivity index (χ0) is 23.2. The maximum atomic E-state index is 13.8. The predicted molar refractivity (Wildman–Crippen MR) is 128 cm³/mol. The van der Waals surface area contributed by atoms with Gasteiger partial charge in [0.05, 0.1) is 20.8 Å². The molecule has 0 spiro atoms. The Kier molecular flexibility index (Phi) is 5.24. The molecular formula is C23H13ClN2O5S2. The van der Waals surface area contributed by atoms with E-state index in [4.69, 9.17) is 16.0 Å². The number of carbonyl (C=O) groups excluding carboxylic acids is 1. The van der Waals surface area contributed by atoms with Crippen molar-refractivity contribution in [3.63, 3.8) is 0 Å². The van der Waals surface area contributed by atoms with Gasteiger partial charge in [-0.2, -0.15) is 4.31 Å². The summed E-state index contributed by atoms with van der Waals surface area (Å²) in [4.78, 5) is 28.9. The smallest absolute Gasteiger partial charge is 0.396 e. The molecule has 0 atom stereocenters. The van der Waals surface area contributed by atoms with E-state index in [1.165, 1.54) is 48.8 Å². The molecule has 7 nitrogen and oxygen atoms in total. The molecule has 0 fully saturated rings. The third kappa shape index (κ3) is 3.70. The van der Waals surface area contributed by atoms with Crippen LogP contribution < -0.4 is 9.24 Å². The van der Waals surface area contributed by atoms with Crippen molar-refractivity contribution in [2.24, 2.45) is 0 Å². The summed E-state index contributed by atoms with van der Waals surface area (Å²) in [6, 6.07) is 16.9. The van der Waals surface area contributed by atoms with Crippen LogP contribution in [0.5, 0.6) is 0 Å². The Morgan fingerprint density at radius 2 is 1.73 bits per heavy atom. The Labute approximate surface area is 196 Å². The van der Waals surface area contributed by atoms with Crippen molar-refractivity contribution in [1.82, 2.24) is 4.98 Å². The van der Waals surface area contributed by atoms with Gasteiger partial charge in [-0.3, -0.25) is 9.78 Å². The first-order valence-corrected chi connectivity index (χ1v) is 12.2. The minimum absolute atomic E-state index is 0.0830. The summed E-state index contributed by atoms with van der Waals surface area (Å²) in [5.74, 6) is -0.793. The fourth-order valence-corrected chi connectivity index (χ4v) is 5.78. The van der Waals surface area contributed by atoms with Gasteiger partial charge in [-0.05, 0) is 42.5 Å². The van der Waals surface area contributed by atoms with E-state index in [9.17, 15) is 18.0 Å². The third-order valence-electron chi connectivity index (χ3n) is 4.98. The Balaban J connectivity index is 1.85. The van der Waals surface area contributed by atoms with Crippen LogP contribution in [-0.4, -0.2) is 19.3 Å². The third-order valence-corrected chi connectivity index (χ3v) is 7.72. The topological polar surface area (TPSA) is 97.6 Å². The molecular weight excluding hydrogens is 484 g/mol. The van der Waals surface area contributed by atoms with Crippen LogP contribution >= 0.6 is 22.9 Å². The lowest BCUT2D eigenvalue weighted by Gasteiger charge is -2.24. The van der Waals surface area contributed by atoms with Crippen LogP contribution in [0.25, 0.3) is 21.1 Å². The number of benzene rings is 3. The molecule has 0 saturated carbocycles. The van der Waals surface area contributed by atoms with Crippen molar-refractivity contribution in [1.29, 1.82) is 0 Å². The molecule has 10 heteroatoms. The second kappa shape index (κ2) is 8.11. The summed E-state index contributed by atoms with van der Waals surface area (Å²) in [6.07, 6.45) is 2.78. The molecule has 5 aromatic rings. The maximum absolute atomic E-state index is 13.8. The number of amides is 1. The lowest BCUT2D eigenvalue weighted by atomic mass is 10.1. The highest BCUT2D eigenvalue weighted by Gasteiger charge is 2.34. The zero-order valence-electron chi connectivity index (χ0n) is 16.6. The van der Waals surface area contributed by atoms with Gasteiger partial charge in [-0.25, -0.2) is 13.2 Å². The van der Waals surface area contributed by atoms with Gasteiger partial charge in [0.15, 0.2) is 5.58 Å². The van der Waals surface area contributed by atoms with Crippen molar-refractivity contribution in [3.05, 3.63) is 99.4 Å². The highest BCUT2D eigenvalue weighted by atomic mass is 35.5. The minimum atomic E-state index is -4.38. The number of pyridine rings is 1. The van der Waals surface area contributed by atoms with Gasteiger partial charge in [-0.1, -0.05) is 47.2 Å². The second-order valence-corrected chi connectivity index (χ2v) is 10.2. The highest BCUT2D eigenvalue weighted by Crippen LogP contribution is 2.38. The lowest BCUT2D eigenvalue weighted by Crippen LogP contribution is -2.37. The molecule has 1 amide bonds. The molecule has 0 aliphatic rings. The largest absolute Gasteiger partial charge is 0.413 e. The summed E-state index contributed by atoms with van der Waals surface area (Å²) in [5, 5.41) is 1.30. The molecule has 0 bridgehead atoms. The molecule has 0 aliphatic heterocycles. The predicted octanol–water partition coefficient (Wildman–Crippen LogP) is 5.09. The van der Waals surface area contributed by atoms with E-state index < -0.39 is 20.9 Å². The van der Waals surface area contributed by atoms with E-state index in [0.29, 0.717) is 26.1 Å². The Morgan fingerprint density at radius 3 is 2.42 bits per heavy atom. The molecule has 2 heterocycles. The molecule has 0 unspecified atom stereocenters. The number of aromatic nitrogens is 1. The van der Waals surface area contributed by atoms with Gasteiger partial charge >= 0.3 is 4.94 Å². The van der Waals surface area contributed by atoms with Crippen LogP contribution in [0.15, 0.2) is 93.2 Å². The first kappa shape index (κ1) is 21.3. The van der Waals surface area contributed by atoms with Gasteiger partial charge in [0, 0.05) is 28.2 Å². The first-order chi connectivity index (χ1) is 15.9. The highest BCUT2D eigenvalue weighted by molar-refractivity contribution is 7.93. The van der Waals surface area contributed by atoms with Crippen molar-refractivity contribution in [2.45, 2.75) is 4.90 Å². The number of sulfonamides is 1. The Hall–Kier alpha value is -3.53. The normalized spacial score (nSPS) is 11.7. The maximum Gasteiger partial charge on any atom is 0.396 e. The van der Waals surface area contributed by atoms with Crippen LogP contribution in [0.3, 0.4) is 0 Å². The number of rotatable bonds is 4. The molecule has 2 aromatic heterocycles. The average Bonchev–Trinajstić information content (AvgIpc) is 3.20. The molecule has 0 radical (unpaired) electrons. The van der Waals surface area contributed by atoms with Crippen molar-refractivity contribution in [2.75, 3.05) is 4.31 Å². The Morgan fingerprint density at radius 1 is 1.00 bits per heavy atom. The van der Waals surface area contributed by atoms with Crippen LogP contribution in [0.2, 0.25) is 5.02 Å². The molecule has 33 heavy (non-hydrogen) atoms. The summed E-state index contributed by atoms with van der Waals surface area (Å²) >= 11 is 6.77. The van der Waals surface area contributed by atoms with Gasteiger partial charge in [0.1, 0.15) is 0 Å². The van der Waals surface area contributed by atoms with Crippen LogP contribution in [0.1, 0.15) is 10.4 Å². The number of nitrogens with zero attached hydrogens (tertiary/aromatic N) is 2. The van der Waals surface area contributed by atoms with Crippen molar-refractivity contribution < 1.29 is 17.6 Å². The fraction of sp³-hybridized carbons (Fsp3) is 0. The SMILES string of the molecule is O=C(c1cccnc1)N(c1cc2sc(=O)oc2c2ccccc12)S(=O)(=O)c1ccc(Cl)cc1. The van der Waals surface area contributed by atoms with E-state index in [1.54, 1.807) is 30.3 Å². The number of carbonyl (C=O) groups is 1. The summed E-state index contributed by atoms with van der Waals surface area (Å²) in [6.45, 7) is 0. The van der Waals surface area contributed by atoms with E-state index in [-0.39, 0.29) is 16.1 Å². The molecule has 3 aromatic carbocycles. The van der Waals surface area contributed by atoms with Gasteiger partial charge in [-0.15, -0.1) is 0 Å². The summed E-state index contributed by atoms with van der Waals surface area (Å²) < 4.78 is 34.1. The van der Waals surface area contributed by atoms with E-state index in [1.807, 2.05) is 0 Å². The van der Waals surface area contributed by atoms with Crippen LogP contribution in [0.4, 0.5) is 5.69 Å². The average molecular weight is 497 g/mol. The number of hydrogen-bond acceptors (Lipinski definition) is 7. The fourth-order valence-electron chi connectivity index (χ4n) is 3.51. The standard InChI is InChI=1S/C23H13ClN2O5S2/c24-15-7-9-16(10-8-15)33(29,30)26(22(27)14-4-3-11-25-13-14)19-12-20-21(31-23(28)32-20)18-6-2-1-5-17(18)19/h1-13H. The number of anilines is 1. The minimum Gasteiger partial charge on any atom is -0.413 e. The van der Waals surface area contributed by atoms with Gasteiger partial charge in [0.25, 0.3) is 15.9 Å².